The molecular formula is C9H11ClINO. The normalized spacial score (nSPS) is 12.9. The zero-order valence-electron chi connectivity index (χ0n) is 7.22. The third-order valence-corrected chi connectivity index (χ3v) is 3.53. The van der Waals surface area contributed by atoms with Crippen molar-refractivity contribution in [3.8, 4) is 0 Å². The first-order valence-corrected chi connectivity index (χ1v) is 5.38. The van der Waals surface area contributed by atoms with Gasteiger partial charge in [-0.25, -0.2) is 0 Å². The van der Waals surface area contributed by atoms with Gasteiger partial charge in [-0.15, -0.1) is 0 Å². The number of hydrogen-bond acceptors (Lipinski definition) is 2. The van der Waals surface area contributed by atoms with Crippen molar-refractivity contribution in [3.63, 3.8) is 0 Å². The van der Waals surface area contributed by atoms with Crippen molar-refractivity contribution < 1.29 is 5.11 Å². The second-order valence-electron chi connectivity index (χ2n) is 2.67. The maximum absolute atomic E-state index is 9.07. The summed E-state index contributed by atoms with van der Waals surface area (Å²) in [6, 6.07) is 5.71. The molecule has 0 fully saturated rings. The smallest absolute Gasteiger partial charge is 0.0626 e. The molecule has 0 saturated carbocycles. The van der Waals surface area contributed by atoms with Gasteiger partial charge in [-0.05, 0) is 41.3 Å². The van der Waals surface area contributed by atoms with Gasteiger partial charge in [-0.3, -0.25) is 0 Å². The van der Waals surface area contributed by atoms with Crippen LogP contribution in [-0.2, 0) is 0 Å². The number of benzene rings is 1. The Labute approximate surface area is 96.4 Å². The minimum Gasteiger partial charge on any atom is -0.394 e. The summed E-state index contributed by atoms with van der Waals surface area (Å²) < 4.78 is 1.01. The van der Waals surface area contributed by atoms with E-state index >= 15 is 0 Å². The molecular weight excluding hydrogens is 300 g/mol. The molecule has 13 heavy (non-hydrogen) atoms. The fraction of sp³-hybridized carbons (Fsp3) is 0.333. The average Bonchev–Trinajstić information content (AvgIpc) is 2.14. The molecule has 0 aliphatic rings. The van der Waals surface area contributed by atoms with Crippen LogP contribution in [-0.4, -0.2) is 18.8 Å². The third-order valence-electron chi connectivity index (χ3n) is 1.89. The van der Waals surface area contributed by atoms with Crippen LogP contribution in [0.5, 0.6) is 0 Å². The molecule has 0 unspecified atom stereocenters. The van der Waals surface area contributed by atoms with E-state index < -0.39 is 0 Å². The van der Waals surface area contributed by atoms with E-state index in [2.05, 4.69) is 27.9 Å². The van der Waals surface area contributed by atoms with Crippen molar-refractivity contribution in [3.05, 3.63) is 32.4 Å². The maximum atomic E-state index is 9.07. The van der Waals surface area contributed by atoms with Gasteiger partial charge in [0.15, 0.2) is 0 Å². The Morgan fingerprint density at radius 1 is 1.62 bits per heavy atom. The highest BCUT2D eigenvalue weighted by molar-refractivity contribution is 14.1. The lowest BCUT2D eigenvalue weighted by Crippen LogP contribution is -2.20. The van der Waals surface area contributed by atoms with Crippen LogP contribution in [0.3, 0.4) is 0 Å². The number of halogens is 2. The number of aliphatic hydroxyl groups is 1. The van der Waals surface area contributed by atoms with Gasteiger partial charge in [0.25, 0.3) is 0 Å². The fourth-order valence-corrected chi connectivity index (χ4v) is 1.91. The van der Waals surface area contributed by atoms with Crippen molar-refractivity contribution >= 4 is 34.2 Å². The summed E-state index contributed by atoms with van der Waals surface area (Å²) in [5.74, 6) is 0. The predicted octanol–water partition coefficient (Wildman–Crippen LogP) is 2.20. The molecule has 0 radical (unpaired) electrons. The molecule has 2 nitrogen and oxygen atoms in total. The Hall–Kier alpha value is 0.160. The van der Waals surface area contributed by atoms with Crippen molar-refractivity contribution in [2.24, 2.45) is 0 Å². The molecule has 1 rings (SSSR count). The van der Waals surface area contributed by atoms with Crippen LogP contribution < -0.4 is 5.32 Å². The summed E-state index contributed by atoms with van der Waals surface area (Å²) in [4.78, 5) is 0. The number of hydrogen-bond donors (Lipinski definition) is 2. The van der Waals surface area contributed by atoms with Gasteiger partial charge < -0.3 is 10.4 Å². The summed E-state index contributed by atoms with van der Waals surface area (Å²) in [6.07, 6.45) is 0. The molecule has 0 saturated heterocycles. The molecule has 0 bridgehead atoms. The molecule has 4 heteroatoms. The topological polar surface area (TPSA) is 32.3 Å². The lowest BCUT2D eigenvalue weighted by atomic mass is 10.1. The van der Waals surface area contributed by atoms with E-state index in [0.717, 1.165) is 14.2 Å². The van der Waals surface area contributed by atoms with Gasteiger partial charge in [0.2, 0.25) is 0 Å². The molecule has 0 spiro atoms. The number of aliphatic hydroxyl groups excluding tert-OH is 1. The molecule has 1 aromatic rings. The molecule has 1 aromatic carbocycles. The Balaban J connectivity index is 3.05. The first kappa shape index (κ1) is 11.2. The predicted molar refractivity (Wildman–Crippen MR) is 63.1 cm³/mol. The van der Waals surface area contributed by atoms with E-state index in [4.69, 9.17) is 16.7 Å². The lowest BCUT2D eigenvalue weighted by Gasteiger charge is -2.15. The van der Waals surface area contributed by atoms with Crippen LogP contribution >= 0.6 is 34.2 Å². The highest BCUT2D eigenvalue weighted by Gasteiger charge is 2.12. The van der Waals surface area contributed by atoms with Crippen LogP contribution in [0.1, 0.15) is 11.6 Å². The summed E-state index contributed by atoms with van der Waals surface area (Å²) >= 11 is 8.26. The Bertz CT molecular complexity index is 289. The molecule has 2 N–H and O–H groups in total. The van der Waals surface area contributed by atoms with Gasteiger partial charge in [0, 0.05) is 3.57 Å². The summed E-state index contributed by atoms with van der Waals surface area (Å²) in [6.45, 7) is 0.0519. The van der Waals surface area contributed by atoms with Gasteiger partial charge in [-0.2, -0.15) is 0 Å². The van der Waals surface area contributed by atoms with E-state index in [-0.39, 0.29) is 12.6 Å². The van der Waals surface area contributed by atoms with Gasteiger partial charge in [-0.1, -0.05) is 23.7 Å². The fourth-order valence-electron chi connectivity index (χ4n) is 1.13. The Morgan fingerprint density at radius 2 is 2.31 bits per heavy atom. The van der Waals surface area contributed by atoms with E-state index in [1.807, 2.05) is 18.2 Å². The molecule has 0 amide bonds. The molecule has 0 aliphatic heterocycles. The standard InChI is InChI=1S/C9H11ClINO/c1-12-8(5-13)6-3-2-4-7(11)9(6)10/h2-4,8,12-13H,5H2,1H3/t8-/m1/s1. The molecule has 0 aromatic heterocycles. The zero-order chi connectivity index (χ0) is 9.84. The van der Waals surface area contributed by atoms with Gasteiger partial charge in [0.05, 0.1) is 17.7 Å². The number of nitrogens with one attached hydrogen (secondary N) is 1. The first-order chi connectivity index (χ1) is 6.20. The minimum absolute atomic E-state index is 0.0519. The summed E-state index contributed by atoms with van der Waals surface area (Å²) in [5, 5.41) is 12.8. The molecule has 72 valence electrons. The highest BCUT2D eigenvalue weighted by atomic mass is 127. The zero-order valence-corrected chi connectivity index (χ0v) is 10.1. The lowest BCUT2D eigenvalue weighted by molar-refractivity contribution is 0.251. The van der Waals surface area contributed by atoms with Crippen molar-refractivity contribution in [2.45, 2.75) is 6.04 Å². The van der Waals surface area contributed by atoms with Crippen molar-refractivity contribution in [2.75, 3.05) is 13.7 Å². The minimum atomic E-state index is -0.0813. The quantitative estimate of drug-likeness (QED) is 0.839. The summed E-state index contributed by atoms with van der Waals surface area (Å²) in [7, 11) is 1.80. The van der Waals surface area contributed by atoms with Crippen LogP contribution in [0.4, 0.5) is 0 Å². The van der Waals surface area contributed by atoms with E-state index in [1.54, 1.807) is 7.05 Å². The second-order valence-corrected chi connectivity index (χ2v) is 4.21. The van der Waals surface area contributed by atoms with Gasteiger partial charge >= 0.3 is 0 Å². The van der Waals surface area contributed by atoms with Crippen LogP contribution in [0.25, 0.3) is 0 Å². The second kappa shape index (κ2) is 5.14. The Morgan fingerprint density at radius 3 is 2.85 bits per heavy atom. The van der Waals surface area contributed by atoms with Crippen molar-refractivity contribution in [1.82, 2.24) is 5.32 Å². The maximum Gasteiger partial charge on any atom is 0.0626 e. The van der Waals surface area contributed by atoms with Crippen LogP contribution in [0, 0.1) is 3.57 Å². The number of rotatable bonds is 3. The van der Waals surface area contributed by atoms with Gasteiger partial charge in [0.1, 0.15) is 0 Å². The van der Waals surface area contributed by atoms with E-state index in [9.17, 15) is 0 Å². The molecule has 0 aliphatic carbocycles. The Kier molecular flexibility index (Phi) is 4.45. The molecule has 0 heterocycles. The summed E-state index contributed by atoms with van der Waals surface area (Å²) in [5.41, 5.74) is 0.943. The number of likely N-dealkylation sites (N-methyl/N-ethyl adjacent to an activating group) is 1. The highest BCUT2D eigenvalue weighted by Crippen LogP contribution is 2.27. The third kappa shape index (κ3) is 2.56. The van der Waals surface area contributed by atoms with E-state index in [0.29, 0.717) is 0 Å². The molecule has 1 atom stereocenters. The SMILES string of the molecule is CN[C@H](CO)c1cccc(I)c1Cl. The van der Waals surface area contributed by atoms with Crippen LogP contribution in [0.2, 0.25) is 5.02 Å². The van der Waals surface area contributed by atoms with E-state index in [1.165, 1.54) is 0 Å². The van der Waals surface area contributed by atoms with Crippen molar-refractivity contribution in [1.29, 1.82) is 0 Å². The van der Waals surface area contributed by atoms with Crippen LogP contribution in [0.15, 0.2) is 18.2 Å². The average molecular weight is 312 g/mol. The first-order valence-electron chi connectivity index (χ1n) is 3.92. The monoisotopic (exact) mass is 311 g/mol. The largest absolute Gasteiger partial charge is 0.394 e.